The Labute approximate surface area is 205 Å². The highest BCUT2D eigenvalue weighted by atomic mass is 35.5. The number of aliphatic imine (C=N–C) groups is 1. The molecule has 2 aromatic carbocycles. The summed E-state index contributed by atoms with van der Waals surface area (Å²) in [6.07, 6.45) is 2.11. The maximum Gasteiger partial charge on any atom is 0.222 e. The van der Waals surface area contributed by atoms with Crippen LogP contribution < -0.4 is 5.32 Å². The van der Waals surface area contributed by atoms with Crippen molar-refractivity contribution in [3.05, 3.63) is 81.5 Å². The van der Waals surface area contributed by atoms with Crippen LogP contribution in [0.1, 0.15) is 47.7 Å². The van der Waals surface area contributed by atoms with Gasteiger partial charge in [-0.25, -0.2) is 0 Å². The molecule has 3 aromatic rings. The molecule has 1 unspecified atom stereocenters. The van der Waals surface area contributed by atoms with E-state index in [2.05, 4.69) is 21.6 Å². The van der Waals surface area contributed by atoms with Crippen LogP contribution in [0.25, 0.3) is 11.8 Å². The van der Waals surface area contributed by atoms with Crippen LogP contribution in [0.15, 0.2) is 53.2 Å². The summed E-state index contributed by atoms with van der Waals surface area (Å²) >= 11 is 6.16. The Morgan fingerprint density at radius 1 is 1.21 bits per heavy atom. The molecule has 0 radical (unpaired) electrons. The zero-order chi connectivity index (χ0) is 24.5. The first-order chi connectivity index (χ1) is 16.2. The maximum atomic E-state index is 12.5. The van der Waals surface area contributed by atoms with E-state index in [0.29, 0.717) is 17.4 Å². The number of rotatable bonds is 6. The second-order valence-corrected chi connectivity index (χ2v) is 12.9. The van der Waals surface area contributed by atoms with Crippen LogP contribution in [0.4, 0.5) is 0 Å². The van der Waals surface area contributed by atoms with Crippen molar-refractivity contribution >= 4 is 37.6 Å². The monoisotopic (exact) mass is 493 g/mol. The van der Waals surface area contributed by atoms with Gasteiger partial charge in [0.25, 0.3) is 0 Å². The zero-order valence-corrected chi connectivity index (χ0v) is 21.5. The van der Waals surface area contributed by atoms with Crippen molar-refractivity contribution in [1.29, 1.82) is 0 Å². The first kappa shape index (κ1) is 24.1. The van der Waals surface area contributed by atoms with Crippen LogP contribution in [0, 0.1) is 6.92 Å². The highest BCUT2D eigenvalue weighted by Gasteiger charge is 2.29. The number of hydrogen-bond acceptors (Lipinski definition) is 5. The second kappa shape index (κ2) is 9.66. The maximum absolute atomic E-state index is 12.5. The van der Waals surface area contributed by atoms with Crippen LogP contribution in [0.3, 0.4) is 0 Å². The lowest BCUT2D eigenvalue weighted by Gasteiger charge is -2.14. The van der Waals surface area contributed by atoms with E-state index in [4.69, 9.17) is 16.6 Å². The van der Waals surface area contributed by atoms with Crippen LogP contribution in [0.2, 0.25) is 18.1 Å². The average molecular weight is 494 g/mol. The smallest absolute Gasteiger partial charge is 0.222 e. The van der Waals surface area contributed by atoms with Crippen molar-refractivity contribution in [2.75, 3.05) is 6.54 Å². The summed E-state index contributed by atoms with van der Waals surface area (Å²) in [5.41, 5.74) is 6.26. The molecular weight excluding hydrogens is 466 g/mol. The summed E-state index contributed by atoms with van der Waals surface area (Å²) in [5, 5.41) is 12.2. The topological polar surface area (TPSA) is 92.4 Å². The number of carbonyl (C=O) groups is 1. The Hall–Kier alpha value is -3.07. The number of nitrogens with one attached hydrogen (secondary N) is 1. The van der Waals surface area contributed by atoms with Gasteiger partial charge in [0.1, 0.15) is 11.9 Å². The third-order valence-electron chi connectivity index (χ3n) is 5.50. The molecule has 1 amide bonds. The fourth-order valence-electron chi connectivity index (χ4n) is 3.94. The highest BCUT2D eigenvalue weighted by molar-refractivity contribution is 6.75. The molecule has 1 aromatic heterocycles. The van der Waals surface area contributed by atoms with E-state index in [-0.39, 0.29) is 12.3 Å². The molecule has 0 fully saturated rings. The normalized spacial score (nSPS) is 15.5. The second-order valence-electron chi connectivity index (χ2n) is 8.86. The van der Waals surface area contributed by atoms with E-state index in [1.807, 2.05) is 79.7 Å². The van der Waals surface area contributed by atoms with Crippen molar-refractivity contribution in [2.24, 2.45) is 4.99 Å². The van der Waals surface area contributed by atoms with Crippen molar-refractivity contribution in [3.8, 4) is 5.69 Å². The van der Waals surface area contributed by atoms with Gasteiger partial charge in [-0.2, -0.15) is 0 Å². The Bertz CT molecular complexity index is 1280. The number of aryl methyl sites for hydroxylation is 1. The zero-order valence-electron chi connectivity index (χ0n) is 19.7. The fourth-order valence-corrected chi connectivity index (χ4v) is 4.66. The molecule has 1 aliphatic rings. The molecule has 1 aliphatic heterocycles. The Balaban J connectivity index is 1.94. The summed E-state index contributed by atoms with van der Waals surface area (Å²) in [7, 11) is -2.36. The minimum Gasteiger partial charge on any atom is -0.428 e. The van der Waals surface area contributed by atoms with Gasteiger partial charge < -0.3 is 10.1 Å². The molecule has 9 heteroatoms. The Morgan fingerprint density at radius 2 is 1.94 bits per heavy atom. The summed E-state index contributed by atoms with van der Waals surface area (Å²) in [6, 6.07) is 13.1. The predicted octanol–water partition coefficient (Wildman–Crippen LogP) is 4.40. The van der Waals surface area contributed by atoms with Gasteiger partial charge in [-0.05, 0) is 56.8 Å². The van der Waals surface area contributed by atoms with Crippen LogP contribution in [0.5, 0.6) is 0 Å². The minimum absolute atomic E-state index is 0.0939. The summed E-state index contributed by atoms with van der Waals surface area (Å²) in [5.74, 6) is 1.25. The van der Waals surface area contributed by atoms with Crippen molar-refractivity contribution in [1.82, 2.24) is 20.1 Å². The molecule has 1 atom stereocenters. The van der Waals surface area contributed by atoms with E-state index < -0.39 is 14.4 Å². The van der Waals surface area contributed by atoms with Gasteiger partial charge in [-0.3, -0.25) is 14.4 Å². The van der Waals surface area contributed by atoms with Crippen LogP contribution in [-0.4, -0.2) is 46.0 Å². The van der Waals surface area contributed by atoms with Crippen molar-refractivity contribution in [2.45, 2.75) is 39.4 Å². The number of aromatic nitrogens is 3. The first-order valence-corrected chi connectivity index (χ1v) is 14.7. The van der Waals surface area contributed by atoms with Gasteiger partial charge in [-0.15, -0.1) is 10.2 Å². The van der Waals surface area contributed by atoms with Crippen LogP contribution >= 0.6 is 11.6 Å². The van der Waals surface area contributed by atoms with E-state index in [1.165, 1.54) is 0 Å². The van der Waals surface area contributed by atoms with Gasteiger partial charge in [0.15, 0.2) is 5.82 Å². The first-order valence-electron chi connectivity index (χ1n) is 11.2. The molecule has 7 nitrogen and oxygen atoms in total. The number of carbonyl (C=O) groups excluding carboxylic acids is 1. The van der Waals surface area contributed by atoms with E-state index >= 15 is 0 Å². The Kier molecular flexibility index (Phi) is 6.83. The molecule has 34 heavy (non-hydrogen) atoms. The molecule has 0 saturated carbocycles. The largest absolute Gasteiger partial charge is 0.428 e. The third kappa shape index (κ3) is 5.19. The van der Waals surface area contributed by atoms with Gasteiger partial charge in [0.2, 0.25) is 14.2 Å². The lowest BCUT2D eigenvalue weighted by molar-refractivity contribution is -0.121. The van der Waals surface area contributed by atoms with Gasteiger partial charge in [0, 0.05) is 22.7 Å². The van der Waals surface area contributed by atoms with E-state index in [0.717, 1.165) is 33.9 Å². The lowest BCUT2D eigenvalue weighted by atomic mass is 9.98. The molecule has 0 aliphatic carbocycles. The average Bonchev–Trinajstić information content (AvgIpc) is 3.10. The quantitative estimate of drug-likeness (QED) is 0.498. The van der Waals surface area contributed by atoms with Crippen molar-refractivity contribution in [3.63, 3.8) is 0 Å². The molecule has 2 heterocycles. The predicted molar refractivity (Wildman–Crippen MR) is 138 cm³/mol. The van der Waals surface area contributed by atoms with E-state index in [1.54, 1.807) is 0 Å². The molecule has 2 N–H and O–H groups in total. The molecule has 176 valence electrons. The van der Waals surface area contributed by atoms with Crippen LogP contribution in [-0.2, 0) is 4.79 Å². The van der Waals surface area contributed by atoms with Gasteiger partial charge >= 0.3 is 0 Å². The summed E-state index contributed by atoms with van der Waals surface area (Å²) < 4.78 is 1.98. The molecule has 0 bridgehead atoms. The number of halogens is 1. The molecule has 0 saturated heterocycles. The highest BCUT2D eigenvalue weighted by Crippen LogP contribution is 2.33. The standard InChI is InChI=1S/C25H28ClN5O2Si/c1-5-27-23(32)15-21-25-30-29-16(2)31(25)22-11-6-17(12-13-34(3,4)33)14-20(22)24(28-21)18-7-9-19(26)10-8-18/h6-14,21,33H,5,15H2,1-4H3,(H,27,32). The van der Waals surface area contributed by atoms with Gasteiger partial charge in [0.05, 0.1) is 17.8 Å². The number of fused-ring (bicyclic) bond motifs is 3. The summed E-state index contributed by atoms with van der Waals surface area (Å²) in [4.78, 5) is 27.9. The fraction of sp³-hybridized carbons (Fsp3) is 0.280. The molecule has 4 rings (SSSR count). The number of nitrogens with zero attached hydrogens (tertiary/aromatic N) is 4. The molecule has 0 spiro atoms. The number of amides is 1. The summed E-state index contributed by atoms with van der Waals surface area (Å²) in [6.45, 7) is 8.07. The minimum atomic E-state index is -2.36. The molecular formula is C25H28ClN5O2Si. The SMILES string of the molecule is CCNC(=O)CC1N=C(c2ccc(Cl)cc2)c2cc(C=C[Si](C)(C)O)ccc2-n2c(C)nnc21. The van der Waals surface area contributed by atoms with Gasteiger partial charge in [-0.1, -0.05) is 41.6 Å². The van der Waals surface area contributed by atoms with E-state index in [9.17, 15) is 9.59 Å². The number of benzene rings is 2. The Morgan fingerprint density at radius 3 is 2.62 bits per heavy atom. The lowest BCUT2D eigenvalue weighted by Crippen LogP contribution is -2.25. The number of hydrogen-bond donors (Lipinski definition) is 2. The van der Waals surface area contributed by atoms with Crippen molar-refractivity contribution < 1.29 is 9.59 Å². The third-order valence-corrected chi connectivity index (χ3v) is 6.74.